The van der Waals surface area contributed by atoms with Gasteiger partial charge in [0.25, 0.3) is 5.91 Å². The summed E-state index contributed by atoms with van der Waals surface area (Å²) in [7, 11) is 0. The fourth-order valence-electron chi connectivity index (χ4n) is 2.84. The third-order valence-corrected chi connectivity index (χ3v) is 4.02. The molecule has 1 aromatic carbocycles. The standard InChI is InChI=1S/C16H20N4O2/c21-14-8-4-5-12(9-14)10-17-16(22)15-18-11-20(19-15)13-6-2-1-3-7-13/h1-3,6-7,11-12,14,21H,4-5,8-10H2,(H,17,22). The molecule has 1 saturated carbocycles. The molecule has 2 aromatic rings. The molecular formula is C16H20N4O2. The van der Waals surface area contributed by atoms with Crippen molar-refractivity contribution in [3.63, 3.8) is 0 Å². The van der Waals surface area contributed by atoms with Crippen LogP contribution in [0.25, 0.3) is 5.69 Å². The van der Waals surface area contributed by atoms with E-state index in [0.29, 0.717) is 12.5 Å². The van der Waals surface area contributed by atoms with Crippen molar-refractivity contribution >= 4 is 5.91 Å². The van der Waals surface area contributed by atoms with E-state index in [4.69, 9.17) is 0 Å². The Morgan fingerprint density at radius 2 is 2.14 bits per heavy atom. The molecule has 1 aromatic heterocycles. The first-order valence-electron chi connectivity index (χ1n) is 7.66. The molecule has 116 valence electrons. The number of aromatic nitrogens is 3. The van der Waals surface area contributed by atoms with Crippen LogP contribution in [-0.2, 0) is 0 Å². The number of aliphatic hydroxyl groups is 1. The van der Waals surface area contributed by atoms with Crippen molar-refractivity contribution in [1.82, 2.24) is 20.1 Å². The van der Waals surface area contributed by atoms with Gasteiger partial charge < -0.3 is 10.4 Å². The zero-order valence-corrected chi connectivity index (χ0v) is 12.4. The first-order valence-corrected chi connectivity index (χ1v) is 7.66. The molecule has 2 N–H and O–H groups in total. The van der Waals surface area contributed by atoms with Gasteiger partial charge in [-0.2, -0.15) is 0 Å². The van der Waals surface area contributed by atoms with E-state index in [0.717, 1.165) is 31.4 Å². The molecule has 6 heteroatoms. The summed E-state index contributed by atoms with van der Waals surface area (Å²) in [6.45, 7) is 0.565. The normalized spacial score (nSPS) is 21.5. The SMILES string of the molecule is O=C(NCC1CCCC(O)C1)c1ncn(-c2ccccc2)n1. The van der Waals surface area contributed by atoms with Crippen molar-refractivity contribution in [1.29, 1.82) is 0 Å². The van der Waals surface area contributed by atoms with E-state index in [2.05, 4.69) is 15.4 Å². The second kappa shape index (κ2) is 6.70. The van der Waals surface area contributed by atoms with Crippen molar-refractivity contribution in [2.45, 2.75) is 31.8 Å². The van der Waals surface area contributed by atoms with E-state index in [9.17, 15) is 9.90 Å². The average Bonchev–Trinajstić information content (AvgIpc) is 3.04. The van der Waals surface area contributed by atoms with E-state index in [1.165, 1.54) is 6.33 Å². The van der Waals surface area contributed by atoms with Crippen LogP contribution in [0.1, 0.15) is 36.3 Å². The highest BCUT2D eigenvalue weighted by molar-refractivity contribution is 5.90. The third kappa shape index (κ3) is 3.51. The summed E-state index contributed by atoms with van der Waals surface area (Å²) in [5, 5.41) is 16.7. The summed E-state index contributed by atoms with van der Waals surface area (Å²) in [5.41, 5.74) is 0.865. The Bertz CT molecular complexity index is 626. The Labute approximate surface area is 129 Å². The van der Waals surface area contributed by atoms with E-state index >= 15 is 0 Å². The van der Waals surface area contributed by atoms with Crippen LogP contribution < -0.4 is 5.32 Å². The fourth-order valence-corrected chi connectivity index (χ4v) is 2.84. The van der Waals surface area contributed by atoms with Crippen LogP contribution in [0.2, 0.25) is 0 Å². The summed E-state index contributed by atoms with van der Waals surface area (Å²) in [6, 6.07) is 9.54. The molecule has 0 aliphatic heterocycles. The summed E-state index contributed by atoms with van der Waals surface area (Å²) >= 11 is 0. The molecule has 22 heavy (non-hydrogen) atoms. The number of nitrogens with one attached hydrogen (secondary N) is 1. The number of amides is 1. The molecule has 0 saturated heterocycles. The predicted octanol–water partition coefficient (Wildman–Crippen LogP) is 1.55. The summed E-state index contributed by atoms with van der Waals surface area (Å²) in [5.74, 6) is 0.235. The first-order chi connectivity index (χ1) is 10.7. The monoisotopic (exact) mass is 300 g/mol. The molecule has 1 heterocycles. The zero-order chi connectivity index (χ0) is 15.4. The molecule has 1 aliphatic rings. The molecule has 0 bridgehead atoms. The summed E-state index contributed by atoms with van der Waals surface area (Å²) in [6.07, 6.45) is 4.99. The molecule has 1 aliphatic carbocycles. The van der Waals surface area contributed by atoms with Crippen LogP contribution in [0, 0.1) is 5.92 Å². The molecular weight excluding hydrogens is 280 g/mol. The Balaban J connectivity index is 1.58. The van der Waals surface area contributed by atoms with Gasteiger partial charge in [-0.1, -0.05) is 24.6 Å². The van der Waals surface area contributed by atoms with E-state index in [1.54, 1.807) is 4.68 Å². The number of carbonyl (C=O) groups excluding carboxylic acids is 1. The Morgan fingerprint density at radius 1 is 1.32 bits per heavy atom. The molecule has 1 amide bonds. The van der Waals surface area contributed by atoms with Crippen molar-refractivity contribution in [3.05, 3.63) is 42.5 Å². The summed E-state index contributed by atoms with van der Waals surface area (Å²) in [4.78, 5) is 16.2. The topological polar surface area (TPSA) is 80.0 Å². The van der Waals surface area contributed by atoms with Crippen molar-refractivity contribution in [3.8, 4) is 5.69 Å². The minimum absolute atomic E-state index is 0.167. The lowest BCUT2D eigenvalue weighted by atomic mass is 9.87. The van der Waals surface area contributed by atoms with Crippen molar-refractivity contribution in [2.75, 3.05) is 6.54 Å². The minimum atomic E-state index is -0.269. The van der Waals surface area contributed by atoms with Crippen LogP contribution in [0.15, 0.2) is 36.7 Å². The van der Waals surface area contributed by atoms with Crippen LogP contribution in [0.3, 0.4) is 0 Å². The molecule has 6 nitrogen and oxygen atoms in total. The zero-order valence-electron chi connectivity index (χ0n) is 12.4. The predicted molar refractivity (Wildman–Crippen MR) is 81.7 cm³/mol. The van der Waals surface area contributed by atoms with Gasteiger partial charge in [-0.25, -0.2) is 9.67 Å². The number of carbonyl (C=O) groups is 1. The molecule has 3 rings (SSSR count). The molecule has 2 unspecified atom stereocenters. The fraction of sp³-hybridized carbons (Fsp3) is 0.438. The number of hydrogen-bond donors (Lipinski definition) is 2. The van der Waals surface area contributed by atoms with E-state index in [1.807, 2.05) is 30.3 Å². The van der Waals surface area contributed by atoms with Gasteiger partial charge in [0.15, 0.2) is 0 Å². The van der Waals surface area contributed by atoms with Gasteiger partial charge in [-0.05, 0) is 37.3 Å². The Morgan fingerprint density at radius 3 is 2.91 bits per heavy atom. The summed E-state index contributed by atoms with van der Waals surface area (Å²) < 4.78 is 1.58. The van der Waals surface area contributed by atoms with E-state index < -0.39 is 0 Å². The number of para-hydroxylation sites is 1. The van der Waals surface area contributed by atoms with Gasteiger partial charge in [0, 0.05) is 6.54 Å². The maximum atomic E-state index is 12.1. The smallest absolute Gasteiger partial charge is 0.290 e. The van der Waals surface area contributed by atoms with Crippen LogP contribution in [0.4, 0.5) is 0 Å². The van der Waals surface area contributed by atoms with Crippen LogP contribution in [-0.4, -0.2) is 38.4 Å². The number of aliphatic hydroxyl groups excluding tert-OH is 1. The van der Waals surface area contributed by atoms with Gasteiger partial charge >= 0.3 is 0 Å². The minimum Gasteiger partial charge on any atom is -0.393 e. The molecule has 0 radical (unpaired) electrons. The lowest BCUT2D eigenvalue weighted by Gasteiger charge is -2.25. The Hall–Kier alpha value is -2.21. The number of benzene rings is 1. The quantitative estimate of drug-likeness (QED) is 0.898. The Kier molecular flexibility index (Phi) is 4.48. The number of rotatable bonds is 4. The molecule has 2 atom stereocenters. The van der Waals surface area contributed by atoms with Gasteiger partial charge in [-0.3, -0.25) is 4.79 Å². The van der Waals surface area contributed by atoms with Crippen LogP contribution in [0.5, 0.6) is 0 Å². The van der Waals surface area contributed by atoms with Crippen molar-refractivity contribution < 1.29 is 9.90 Å². The van der Waals surface area contributed by atoms with Gasteiger partial charge in [0.2, 0.25) is 5.82 Å². The van der Waals surface area contributed by atoms with Gasteiger partial charge in [-0.15, -0.1) is 5.10 Å². The number of hydrogen-bond acceptors (Lipinski definition) is 4. The molecule has 1 fully saturated rings. The van der Waals surface area contributed by atoms with E-state index in [-0.39, 0.29) is 17.8 Å². The number of nitrogens with zero attached hydrogens (tertiary/aromatic N) is 3. The lowest BCUT2D eigenvalue weighted by molar-refractivity contribution is 0.0866. The van der Waals surface area contributed by atoms with Crippen molar-refractivity contribution in [2.24, 2.45) is 5.92 Å². The average molecular weight is 300 g/mol. The van der Waals surface area contributed by atoms with Gasteiger partial charge in [0.05, 0.1) is 11.8 Å². The van der Waals surface area contributed by atoms with Crippen LogP contribution >= 0.6 is 0 Å². The second-order valence-electron chi connectivity index (χ2n) is 5.74. The molecule has 0 spiro atoms. The lowest BCUT2D eigenvalue weighted by Crippen LogP contribution is -2.33. The third-order valence-electron chi connectivity index (χ3n) is 4.02. The van der Waals surface area contributed by atoms with Gasteiger partial charge in [0.1, 0.15) is 6.33 Å². The second-order valence-corrected chi connectivity index (χ2v) is 5.74. The highest BCUT2D eigenvalue weighted by Crippen LogP contribution is 2.23. The largest absolute Gasteiger partial charge is 0.393 e. The highest BCUT2D eigenvalue weighted by Gasteiger charge is 2.21. The first kappa shape index (κ1) is 14.7. The maximum Gasteiger partial charge on any atom is 0.290 e. The highest BCUT2D eigenvalue weighted by atomic mass is 16.3. The maximum absolute atomic E-state index is 12.1.